The molecule has 0 saturated carbocycles. The van der Waals surface area contributed by atoms with Gasteiger partial charge in [0, 0.05) is 21.7 Å². The van der Waals surface area contributed by atoms with Gasteiger partial charge in [0.15, 0.2) is 0 Å². The van der Waals surface area contributed by atoms with Crippen LogP contribution in [0.1, 0.15) is 18.9 Å². The van der Waals surface area contributed by atoms with Crippen molar-refractivity contribution in [1.29, 1.82) is 0 Å². The summed E-state index contributed by atoms with van der Waals surface area (Å²) in [7, 11) is 0. The smallest absolute Gasteiger partial charge is 0.146 e. The molecule has 0 radical (unpaired) electrons. The van der Waals surface area contributed by atoms with Gasteiger partial charge in [0.25, 0.3) is 0 Å². The maximum absolute atomic E-state index is 11.4. The van der Waals surface area contributed by atoms with Crippen LogP contribution < -0.4 is 0 Å². The Kier molecular flexibility index (Phi) is 3.83. The molecule has 0 spiro atoms. The number of halogens is 2. The summed E-state index contributed by atoms with van der Waals surface area (Å²) in [5.74, 6) is 0.347. The van der Waals surface area contributed by atoms with Crippen LogP contribution in [-0.2, 0) is 11.2 Å². The molecule has 1 aromatic rings. The number of benzene rings is 1. The Morgan fingerprint density at radius 1 is 1.44 bits per heavy atom. The summed E-state index contributed by atoms with van der Waals surface area (Å²) >= 11 is 13.7. The normalized spacial score (nSPS) is 25.1. The van der Waals surface area contributed by atoms with Crippen molar-refractivity contribution in [3.8, 4) is 0 Å². The first-order chi connectivity index (χ1) is 7.56. The second-order valence-electron chi connectivity index (χ2n) is 4.01. The molecule has 0 aliphatic carbocycles. The zero-order valence-corrected chi connectivity index (χ0v) is 11.2. The molecule has 2 unspecified atom stereocenters. The first-order valence-electron chi connectivity index (χ1n) is 5.18. The molecule has 1 saturated heterocycles. The number of rotatable bonds is 2. The van der Waals surface area contributed by atoms with Gasteiger partial charge in [0.2, 0.25) is 0 Å². The molecule has 1 aliphatic heterocycles. The van der Waals surface area contributed by atoms with Gasteiger partial charge in [-0.25, -0.2) is 0 Å². The largest absolute Gasteiger partial charge is 0.298 e. The Morgan fingerprint density at radius 2 is 2.19 bits per heavy atom. The standard InChI is InChI=1S/C12H12Cl2OS/c1-7-12(15)6-10(16-7)4-8-2-3-9(13)5-11(8)14/h2-3,5,7,10H,4,6H2,1H3. The molecule has 1 aliphatic rings. The lowest BCUT2D eigenvalue weighted by atomic mass is 10.1. The summed E-state index contributed by atoms with van der Waals surface area (Å²) in [4.78, 5) is 11.4. The third-order valence-corrected chi connectivity index (χ3v) is 4.72. The predicted octanol–water partition coefficient (Wildman–Crippen LogP) is 4.00. The van der Waals surface area contributed by atoms with Crippen LogP contribution in [0.4, 0.5) is 0 Å². The van der Waals surface area contributed by atoms with Gasteiger partial charge in [-0.05, 0) is 31.0 Å². The first-order valence-corrected chi connectivity index (χ1v) is 6.88. The fourth-order valence-electron chi connectivity index (χ4n) is 1.86. The van der Waals surface area contributed by atoms with Crippen molar-refractivity contribution in [1.82, 2.24) is 0 Å². The van der Waals surface area contributed by atoms with Gasteiger partial charge in [0.1, 0.15) is 5.78 Å². The van der Waals surface area contributed by atoms with Gasteiger partial charge >= 0.3 is 0 Å². The number of ketones is 1. The highest BCUT2D eigenvalue weighted by Gasteiger charge is 2.30. The van der Waals surface area contributed by atoms with E-state index in [0.29, 0.717) is 27.5 Å². The fourth-order valence-corrected chi connectivity index (χ4v) is 3.70. The SMILES string of the molecule is CC1SC(Cc2ccc(Cl)cc2Cl)CC1=O. The van der Waals surface area contributed by atoms with Crippen molar-refractivity contribution >= 4 is 40.7 Å². The molecular formula is C12H12Cl2OS. The van der Waals surface area contributed by atoms with Gasteiger partial charge in [-0.1, -0.05) is 29.3 Å². The quantitative estimate of drug-likeness (QED) is 0.811. The molecule has 1 aromatic carbocycles. The summed E-state index contributed by atoms with van der Waals surface area (Å²) in [6.07, 6.45) is 1.50. The molecule has 2 rings (SSSR count). The van der Waals surface area contributed by atoms with Crippen molar-refractivity contribution < 1.29 is 4.79 Å². The third-order valence-electron chi connectivity index (χ3n) is 2.74. The lowest BCUT2D eigenvalue weighted by molar-refractivity contribution is -0.117. The molecule has 0 amide bonds. The van der Waals surface area contributed by atoms with Crippen LogP contribution in [0.25, 0.3) is 0 Å². The highest BCUT2D eigenvalue weighted by Crippen LogP contribution is 2.34. The highest BCUT2D eigenvalue weighted by atomic mass is 35.5. The van der Waals surface area contributed by atoms with Crippen molar-refractivity contribution in [3.05, 3.63) is 33.8 Å². The zero-order valence-electron chi connectivity index (χ0n) is 8.87. The van der Waals surface area contributed by atoms with E-state index in [1.807, 2.05) is 19.1 Å². The van der Waals surface area contributed by atoms with Gasteiger partial charge in [-0.15, -0.1) is 11.8 Å². The topological polar surface area (TPSA) is 17.1 Å². The van der Waals surface area contributed by atoms with E-state index < -0.39 is 0 Å². The molecule has 4 heteroatoms. The Bertz CT molecular complexity index is 419. The summed E-state index contributed by atoms with van der Waals surface area (Å²) < 4.78 is 0. The first kappa shape index (κ1) is 12.3. The van der Waals surface area contributed by atoms with Gasteiger partial charge in [-0.2, -0.15) is 0 Å². The second kappa shape index (κ2) is 4.99. The van der Waals surface area contributed by atoms with Crippen LogP contribution in [-0.4, -0.2) is 16.3 Å². The molecule has 0 N–H and O–H groups in total. The minimum atomic E-state index is 0.135. The number of Topliss-reactive ketones (excluding diaryl/α,β-unsaturated/α-hetero) is 1. The van der Waals surface area contributed by atoms with E-state index in [-0.39, 0.29) is 5.25 Å². The van der Waals surface area contributed by atoms with E-state index >= 15 is 0 Å². The average Bonchev–Trinajstić information content (AvgIpc) is 2.51. The molecule has 0 bridgehead atoms. The summed E-state index contributed by atoms with van der Waals surface area (Å²) in [6, 6.07) is 5.54. The maximum atomic E-state index is 11.4. The Labute approximate surface area is 110 Å². The zero-order chi connectivity index (χ0) is 11.7. The fraction of sp³-hybridized carbons (Fsp3) is 0.417. The monoisotopic (exact) mass is 274 g/mol. The van der Waals surface area contributed by atoms with Gasteiger partial charge in [-0.3, -0.25) is 4.79 Å². The van der Waals surface area contributed by atoms with E-state index in [1.54, 1.807) is 17.8 Å². The number of thioether (sulfide) groups is 1. The van der Waals surface area contributed by atoms with Gasteiger partial charge < -0.3 is 0 Å². The molecule has 16 heavy (non-hydrogen) atoms. The number of hydrogen-bond donors (Lipinski definition) is 0. The molecular weight excluding hydrogens is 263 g/mol. The van der Waals surface area contributed by atoms with E-state index in [1.165, 1.54) is 0 Å². The van der Waals surface area contributed by atoms with Crippen molar-refractivity contribution in [2.75, 3.05) is 0 Å². The van der Waals surface area contributed by atoms with E-state index in [0.717, 1.165) is 12.0 Å². The Balaban J connectivity index is 2.07. The molecule has 1 nitrogen and oxygen atoms in total. The van der Waals surface area contributed by atoms with Crippen LogP contribution in [0.2, 0.25) is 10.0 Å². The Hall–Kier alpha value is -0.180. The summed E-state index contributed by atoms with van der Waals surface area (Å²) in [5.41, 5.74) is 1.07. The van der Waals surface area contributed by atoms with Gasteiger partial charge in [0.05, 0.1) is 5.25 Å². The Morgan fingerprint density at radius 3 is 2.75 bits per heavy atom. The second-order valence-corrected chi connectivity index (χ2v) is 6.50. The summed E-state index contributed by atoms with van der Waals surface area (Å²) in [5, 5.41) is 1.84. The molecule has 1 heterocycles. The predicted molar refractivity (Wildman–Crippen MR) is 70.6 cm³/mol. The van der Waals surface area contributed by atoms with Crippen LogP contribution in [0, 0.1) is 0 Å². The molecule has 2 atom stereocenters. The lowest BCUT2D eigenvalue weighted by Gasteiger charge is -2.10. The highest BCUT2D eigenvalue weighted by molar-refractivity contribution is 8.01. The van der Waals surface area contributed by atoms with E-state index in [9.17, 15) is 4.79 Å². The van der Waals surface area contributed by atoms with Crippen LogP contribution >= 0.6 is 35.0 Å². The summed E-state index contributed by atoms with van der Waals surface area (Å²) in [6.45, 7) is 1.97. The maximum Gasteiger partial charge on any atom is 0.146 e. The average molecular weight is 275 g/mol. The van der Waals surface area contributed by atoms with Crippen molar-refractivity contribution in [3.63, 3.8) is 0 Å². The molecule has 1 fully saturated rings. The minimum absolute atomic E-state index is 0.135. The number of hydrogen-bond acceptors (Lipinski definition) is 2. The number of carbonyl (C=O) groups is 1. The third kappa shape index (κ3) is 2.73. The van der Waals surface area contributed by atoms with Crippen LogP contribution in [0.3, 0.4) is 0 Å². The van der Waals surface area contributed by atoms with E-state index in [2.05, 4.69) is 0 Å². The van der Waals surface area contributed by atoms with Crippen LogP contribution in [0.15, 0.2) is 18.2 Å². The molecule has 0 aromatic heterocycles. The lowest BCUT2D eigenvalue weighted by Crippen LogP contribution is -2.05. The van der Waals surface area contributed by atoms with Crippen molar-refractivity contribution in [2.24, 2.45) is 0 Å². The van der Waals surface area contributed by atoms with E-state index in [4.69, 9.17) is 23.2 Å². The van der Waals surface area contributed by atoms with Crippen molar-refractivity contribution in [2.45, 2.75) is 30.3 Å². The van der Waals surface area contributed by atoms with Crippen LogP contribution in [0.5, 0.6) is 0 Å². The number of carbonyl (C=O) groups excluding carboxylic acids is 1. The molecule has 86 valence electrons. The minimum Gasteiger partial charge on any atom is -0.298 e.